The van der Waals surface area contributed by atoms with Gasteiger partial charge in [-0.25, -0.2) is 19.3 Å². The highest BCUT2D eigenvalue weighted by atomic mass is 19.1. The van der Waals surface area contributed by atoms with Crippen molar-refractivity contribution in [1.82, 2.24) is 19.5 Å². The Labute approximate surface area is 156 Å². The van der Waals surface area contributed by atoms with Crippen LogP contribution in [0.1, 0.15) is 41.6 Å². The summed E-state index contributed by atoms with van der Waals surface area (Å²) in [5.74, 6) is 0.118. The van der Waals surface area contributed by atoms with Crippen LogP contribution in [0.25, 0.3) is 11.4 Å². The minimum absolute atomic E-state index is 0.122. The summed E-state index contributed by atoms with van der Waals surface area (Å²) < 4.78 is 16.3. The third-order valence-electron chi connectivity index (χ3n) is 4.17. The zero-order valence-electron chi connectivity index (χ0n) is 15.4. The van der Waals surface area contributed by atoms with Crippen molar-refractivity contribution in [3.8, 4) is 11.4 Å². The third-order valence-corrected chi connectivity index (χ3v) is 4.17. The number of aromatic nitrogens is 4. The van der Waals surface area contributed by atoms with Crippen molar-refractivity contribution in [3.05, 3.63) is 59.4 Å². The maximum absolute atomic E-state index is 14.4. The zero-order chi connectivity index (χ0) is 19.6. The van der Waals surface area contributed by atoms with Crippen LogP contribution < -0.4 is 11.1 Å². The molecule has 2 aromatic heterocycles. The van der Waals surface area contributed by atoms with Crippen LogP contribution in [-0.2, 0) is 6.54 Å². The smallest absolute Gasteiger partial charge is 0.248 e. The number of benzene rings is 1. The zero-order valence-corrected chi connectivity index (χ0v) is 15.4. The Morgan fingerprint density at radius 1 is 1.22 bits per heavy atom. The molecule has 0 bridgehead atoms. The number of aryl methyl sites for hydroxylation is 1. The molecule has 140 valence electrons. The number of nitrogens with two attached hydrogens (primary N) is 1. The minimum atomic E-state index is -0.506. The van der Waals surface area contributed by atoms with E-state index in [9.17, 15) is 9.18 Å². The fourth-order valence-corrected chi connectivity index (χ4v) is 2.88. The van der Waals surface area contributed by atoms with Gasteiger partial charge < -0.3 is 15.6 Å². The number of rotatable bonds is 6. The molecule has 0 aliphatic rings. The van der Waals surface area contributed by atoms with Gasteiger partial charge in [0.2, 0.25) is 11.9 Å². The van der Waals surface area contributed by atoms with Gasteiger partial charge in [-0.15, -0.1) is 0 Å². The van der Waals surface area contributed by atoms with Gasteiger partial charge in [-0.2, -0.15) is 0 Å². The van der Waals surface area contributed by atoms with Crippen molar-refractivity contribution in [2.24, 2.45) is 5.73 Å². The number of anilines is 1. The standard InChI is InChI=1S/C19H21FN6O/c1-11(2)26-12(3)22-10-16(26)17-15(20)9-24-19(25-17)23-8-13-4-6-14(7-5-13)18(21)27/h4-7,9-11H,8H2,1-3H3,(H2,21,27)(H,23,24,25). The van der Waals surface area contributed by atoms with Crippen molar-refractivity contribution < 1.29 is 9.18 Å². The van der Waals surface area contributed by atoms with Crippen LogP contribution in [0.2, 0.25) is 0 Å². The van der Waals surface area contributed by atoms with Crippen LogP contribution in [0.4, 0.5) is 10.3 Å². The first kappa shape index (κ1) is 18.5. The number of primary amides is 1. The van der Waals surface area contributed by atoms with Gasteiger partial charge in [0, 0.05) is 18.2 Å². The van der Waals surface area contributed by atoms with E-state index in [1.807, 2.05) is 25.3 Å². The molecule has 0 fully saturated rings. The van der Waals surface area contributed by atoms with Gasteiger partial charge in [0.05, 0.1) is 18.1 Å². The van der Waals surface area contributed by atoms with E-state index in [1.54, 1.807) is 30.5 Å². The van der Waals surface area contributed by atoms with E-state index >= 15 is 0 Å². The number of hydrogen-bond acceptors (Lipinski definition) is 5. The maximum Gasteiger partial charge on any atom is 0.248 e. The average Bonchev–Trinajstić information content (AvgIpc) is 3.03. The summed E-state index contributed by atoms with van der Waals surface area (Å²) in [6.07, 6.45) is 2.76. The quantitative estimate of drug-likeness (QED) is 0.697. The average molecular weight is 368 g/mol. The molecule has 2 heterocycles. The summed E-state index contributed by atoms with van der Waals surface area (Å²) >= 11 is 0. The fourth-order valence-electron chi connectivity index (χ4n) is 2.88. The van der Waals surface area contributed by atoms with Crippen LogP contribution in [0.15, 0.2) is 36.7 Å². The molecule has 0 aliphatic heterocycles. The molecule has 27 heavy (non-hydrogen) atoms. The SMILES string of the molecule is Cc1ncc(-c2nc(NCc3ccc(C(N)=O)cc3)ncc2F)n1C(C)C. The van der Waals surface area contributed by atoms with Gasteiger partial charge in [0.25, 0.3) is 0 Å². The number of carbonyl (C=O) groups is 1. The van der Waals surface area contributed by atoms with E-state index in [0.29, 0.717) is 23.8 Å². The number of halogens is 1. The molecule has 0 radical (unpaired) electrons. The summed E-state index contributed by atoms with van der Waals surface area (Å²) in [5.41, 5.74) is 7.40. The predicted octanol–water partition coefficient (Wildman–Crippen LogP) is 3.08. The summed E-state index contributed by atoms with van der Waals surface area (Å²) in [7, 11) is 0. The van der Waals surface area contributed by atoms with E-state index < -0.39 is 11.7 Å². The fraction of sp³-hybridized carbons (Fsp3) is 0.263. The molecule has 3 rings (SSSR count). The number of nitrogens with zero attached hydrogens (tertiary/aromatic N) is 4. The Morgan fingerprint density at radius 3 is 2.56 bits per heavy atom. The molecular weight excluding hydrogens is 347 g/mol. The Bertz CT molecular complexity index is 965. The monoisotopic (exact) mass is 368 g/mol. The second-order valence-corrected chi connectivity index (χ2v) is 6.46. The molecular formula is C19H21FN6O. The lowest BCUT2D eigenvalue weighted by atomic mass is 10.1. The molecule has 0 saturated carbocycles. The van der Waals surface area contributed by atoms with E-state index in [2.05, 4.69) is 20.3 Å². The lowest BCUT2D eigenvalue weighted by Gasteiger charge is -2.14. The van der Waals surface area contributed by atoms with Crippen LogP contribution in [-0.4, -0.2) is 25.4 Å². The largest absolute Gasteiger partial charge is 0.366 e. The van der Waals surface area contributed by atoms with Crippen LogP contribution in [0, 0.1) is 12.7 Å². The van der Waals surface area contributed by atoms with Crippen LogP contribution >= 0.6 is 0 Å². The normalized spacial score (nSPS) is 11.0. The van der Waals surface area contributed by atoms with E-state index in [4.69, 9.17) is 5.73 Å². The van der Waals surface area contributed by atoms with Crippen LogP contribution in [0.3, 0.4) is 0 Å². The summed E-state index contributed by atoms with van der Waals surface area (Å²) in [6, 6.07) is 7.00. The highest BCUT2D eigenvalue weighted by Gasteiger charge is 2.17. The van der Waals surface area contributed by atoms with Crippen LogP contribution in [0.5, 0.6) is 0 Å². The first-order valence-electron chi connectivity index (χ1n) is 8.56. The van der Waals surface area contributed by atoms with Crippen molar-refractivity contribution in [3.63, 3.8) is 0 Å². The van der Waals surface area contributed by atoms with Gasteiger partial charge in [0.15, 0.2) is 5.82 Å². The molecule has 0 saturated heterocycles. The molecule has 1 aromatic carbocycles. The molecule has 0 unspecified atom stereocenters. The number of imidazole rings is 1. The summed E-state index contributed by atoms with van der Waals surface area (Å²) in [5, 5.41) is 3.07. The van der Waals surface area contributed by atoms with Crippen molar-refractivity contribution in [1.29, 1.82) is 0 Å². The van der Waals surface area contributed by atoms with Gasteiger partial charge in [-0.1, -0.05) is 12.1 Å². The van der Waals surface area contributed by atoms with Crippen molar-refractivity contribution in [2.45, 2.75) is 33.4 Å². The summed E-state index contributed by atoms with van der Waals surface area (Å²) in [6.45, 7) is 6.31. The molecule has 1 amide bonds. The van der Waals surface area contributed by atoms with E-state index in [1.165, 1.54) is 0 Å². The minimum Gasteiger partial charge on any atom is -0.366 e. The van der Waals surface area contributed by atoms with Gasteiger partial charge in [-0.05, 0) is 38.5 Å². The Morgan fingerprint density at radius 2 is 1.93 bits per heavy atom. The van der Waals surface area contributed by atoms with Crippen molar-refractivity contribution in [2.75, 3.05) is 5.32 Å². The molecule has 7 nitrogen and oxygen atoms in total. The Hall–Kier alpha value is -3.29. The first-order chi connectivity index (χ1) is 12.9. The molecule has 8 heteroatoms. The van der Waals surface area contributed by atoms with Gasteiger partial charge in [0.1, 0.15) is 11.5 Å². The Balaban J connectivity index is 1.83. The lowest BCUT2D eigenvalue weighted by molar-refractivity contribution is 0.100. The number of hydrogen-bond donors (Lipinski definition) is 2. The molecule has 3 aromatic rings. The molecule has 0 spiro atoms. The van der Waals surface area contributed by atoms with E-state index in [-0.39, 0.29) is 11.7 Å². The molecule has 0 aliphatic carbocycles. The first-order valence-corrected chi connectivity index (χ1v) is 8.56. The second kappa shape index (κ2) is 7.53. The highest BCUT2D eigenvalue weighted by Crippen LogP contribution is 2.25. The van der Waals surface area contributed by atoms with E-state index in [0.717, 1.165) is 17.6 Å². The van der Waals surface area contributed by atoms with Gasteiger partial charge in [-0.3, -0.25) is 4.79 Å². The number of nitrogens with one attached hydrogen (secondary N) is 1. The molecule has 3 N–H and O–H groups in total. The third kappa shape index (κ3) is 3.94. The summed E-state index contributed by atoms with van der Waals surface area (Å²) in [4.78, 5) is 23.7. The highest BCUT2D eigenvalue weighted by molar-refractivity contribution is 5.92. The number of amides is 1. The lowest BCUT2D eigenvalue weighted by Crippen LogP contribution is -2.11. The topological polar surface area (TPSA) is 98.7 Å². The predicted molar refractivity (Wildman–Crippen MR) is 101 cm³/mol. The second-order valence-electron chi connectivity index (χ2n) is 6.46. The Kier molecular flexibility index (Phi) is 5.16. The van der Waals surface area contributed by atoms with Gasteiger partial charge >= 0.3 is 0 Å². The number of carbonyl (C=O) groups excluding carboxylic acids is 1. The molecule has 0 atom stereocenters. The van der Waals surface area contributed by atoms with Crippen molar-refractivity contribution >= 4 is 11.9 Å². The maximum atomic E-state index is 14.4.